The van der Waals surface area contributed by atoms with Gasteiger partial charge in [0.15, 0.2) is 0 Å². The Kier molecular flexibility index (Phi) is 5.51. The second-order valence-electron chi connectivity index (χ2n) is 7.00. The van der Waals surface area contributed by atoms with E-state index >= 15 is 0 Å². The van der Waals surface area contributed by atoms with E-state index in [2.05, 4.69) is 17.6 Å². The van der Waals surface area contributed by atoms with Crippen LogP contribution < -0.4 is 15.5 Å². The van der Waals surface area contributed by atoms with Crippen molar-refractivity contribution in [3.05, 3.63) is 24.3 Å². The van der Waals surface area contributed by atoms with Crippen LogP contribution in [0.25, 0.3) is 0 Å². The topological polar surface area (TPSA) is 61.4 Å². The molecular formula is C19H27N3O2. The van der Waals surface area contributed by atoms with E-state index in [4.69, 9.17) is 0 Å². The fraction of sp³-hybridized carbons (Fsp3) is 0.579. The van der Waals surface area contributed by atoms with Gasteiger partial charge in [0, 0.05) is 19.4 Å². The molecule has 2 N–H and O–H groups in total. The number of para-hydroxylation sites is 2. The number of anilines is 2. The first-order valence-electron chi connectivity index (χ1n) is 9.05. The van der Waals surface area contributed by atoms with Gasteiger partial charge in [-0.1, -0.05) is 19.1 Å². The van der Waals surface area contributed by atoms with Gasteiger partial charge in [-0.3, -0.25) is 9.59 Å². The molecule has 0 unspecified atom stereocenters. The highest BCUT2D eigenvalue weighted by Crippen LogP contribution is 2.30. The standard InChI is InChI=1S/C19H27N3O2/c1-14(15-6-4-10-20-13-15)12-18(23)21-16-7-2-3-8-17(16)22-11-5-9-19(22)24/h2-3,7-8,14-15,20H,4-6,9-13H2,1H3,(H,21,23)/t14-,15-/m1/s1. The summed E-state index contributed by atoms with van der Waals surface area (Å²) in [6.45, 7) is 4.99. The third-order valence-corrected chi connectivity index (χ3v) is 5.19. The molecule has 24 heavy (non-hydrogen) atoms. The molecule has 1 aromatic carbocycles. The summed E-state index contributed by atoms with van der Waals surface area (Å²) in [6.07, 6.45) is 4.38. The Morgan fingerprint density at radius 1 is 1.38 bits per heavy atom. The molecule has 0 aliphatic carbocycles. The minimum Gasteiger partial charge on any atom is -0.324 e. The average molecular weight is 329 g/mol. The van der Waals surface area contributed by atoms with Crippen LogP contribution in [0.3, 0.4) is 0 Å². The molecular weight excluding hydrogens is 302 g/mol. The molecule has 2 saturated heterocycles. The van der Waals surface area contributed by atoms with Gasteiger partial charge in [0.1, 0.15) is 0 Å². The zero-order chi connectivity index (χ0) is 16.9. The maximum atomic E-state index is 12.5. The van der Waals surface area contributed by atoms with Crippen LogP contribution in [0.1, 0.15) is 39.0 Å². The summed E-state index contributed by atoms with van der Waals surface area (Å²) in [6, 6.07) is 7.60. The maximum Gasteiger partial charge on any atom is 0.227 e. The minimum atomic E-state index is 0.0344. The van der Waals surface area contributed by atoms with Crippen molar-refractivity contribution in [1.29, 1.82) is 0 Å². The predicted molar refractivity (Wildman–Crippen MR) is 96.0 cm³/mol. The summed E-state index contributed by atoms with van der Waals surface area (Å²) in [5, 5.41) is 6.44. The number of nitrogens with zero attached hydrogens (tertiary/aromatic N) is 1. The van der Waals surface area contributed by atoms with Gasteiger partial charge in [0.25, 0.3) is 0 Å². The fourth-order valence-corrected chi connectivity index (χ4v) is 3.74. The van der Waals surface area contributed by atoms with Gasteiger partial charge in [-0.2, -0.15) is 0 Å². The van der Waals surface area contributed by atoms with Gasteiger partial charge in [-0.05, 0) is 56.3 Å². The second-order valence-corrected chi connectivity index (χ2v) is 7.00. The Balaban J connectivity index is 1.63. The Hall–Kier alpha value is -1.88. The Morgan fingerprint density at radius 2 is 2.21 bits per heavy atom. The largest absolute Gasteiger partial charge is 0.324 e. The van der Waals surface area contributed by atoms with Gasteiger partial charge >= 0.3 is 0 Å². The molecule has 130 valence electrons. The van der Waals surface area contributed by atoms with Gasteiger partial charge in [-0.25, -0.2) is 0 Å². The first-order valence-corrected chi connectivity index (χ1v) is 9.05. The Bertz CT molecular complexity index is 596. The van der Waals surface area contributed by atoms with Gasteiger partial charge in [-0.15, -0.1) is 0 Å². The van der Waals surface area contributed by atoms with Crippen molar-refractivity contribution < 1.29 is 9.59 Å². The average Bonchev–Trinajstić information content (AvgIpc) is 3.02. The molecule has 5 heteroatoms. The van der Waals surface area contributed by atoms with E-state index in [1.165, 1.54) is 12.8 Å². The van der Waals surface area contributed by atoms with Gasteiger partial charge in [0.05, 0.1) is 11.4 Å². The van der Waals surface area contributed by atoms with Crippen LogP contribution in [0.15, 0.2) is 24.3 Å². The minimum absolute atomic E-state index is 0.0344. The number of hydrogen-bond acceptors (Lipinski definition) is 3. The van der Waals surface area contributed by atoms with Crippen LogP contribution in [0, 0.1) is 11.8 Å². The van der Waals surface area contributed by atoms with Gasteiger partial charge in [0.2, 0.25) is 11.8 Å². The third kappa shape index (κ3) is 3.96. The van der Waals surface area contributed by atoms with Gasteiger partial charge < -0.3 is 15.5 Å². The quantitative estimate of drug-likeness (QED) is 0.873. The SMILES string of the molecule is C[C@H](CC(=O)Nc1ccccc1N1CCCC1=O)[C@@H]1CCCNC1. The van der Waals surface area contributed by atoms with Crippen LogP contribution in [0.5, 0.6) is 0 Å². The first kappa shape index (κ1) is 17.0. The summed E-state index contributed by atoms with van der Waals surface area (Å²) < 4.78 is 0. The molecule has 2 aliphatic heterocycles. The van der Waals surface area contributed by atoms with Crippen molar-refractivity contribution in [3.63, 3.8) is 0 Å². The number of benzene rings is 1. The van der Waals surface area contributed by atoms with E-state index in [1.807, 2.05) is 24.3 Å². The van der Waals surface area contributed by atoms with Crippen LogP contribution in [-0.2, 0) is 9.59 Å². The molecule has 2 aliphatic rings. The number of carbonyl (C=O) groups excluding carboxylic acids is 2. The number of amides is 2. The molecule has 1 aromatic rings. The molecule has 0 radical (unpaired) electrons. The lowest BCUT2D eigenvalue weighted by Crippen LogP contribution is -2.34. The zero-order valence-corrected chi connectivity index (χ0v) is 14.4. The lowest BCUT2D eigenvalue weighted by molar-refractivity contribution is -0.118. The third-order valence-electron chi connectivity index (χ3n) is 5.19. The molecule has 2 heterocycles. The van der Waals surface area contributed by atoms with E-state index in [0.29, 0.717) is 24.7 Å². The summed E-state index contributed by atoms with van der Waals surface area (Å²) in [4.78, 5) is 26.3. The van der Waals surface area contributed by atoms with E-state index < -0.39 is 0 Å². The molecule has 2 atom stereocenters. The van der Waals surface area contributed by atoms with Crippen molar-refractivity contribution in [2.24, 2.45) is 11.8 Å². The monoisotopic (exact) mass is 329 g/mol. The normalized spacial score (nSPS) is 22.5. The molecule has 2 amide bonds. The summed E-state index contributed by atoms with van der Waals surface area (Å²) in [5.41, 5.74) is 1.56. The highest BCUT2D eigenvalue weighted by atomic mass is 16.2. The van der Waals surface area contributed by atoms with Crippen molar-refractivity contribution in [2.75, 3.05) is 29.9 Å². The van der Waals surface area contributed by atoms with Crippen LogP contribution in [0.4, 0.5) is 11.4 Å². The summed E-state index contributed by atoms with van der Waals surface area (Å²) >= 11 is 0. The molecule has 0 aromatic heterocycles. The van der Waals surface area contributed by atoms with Crippen LogP contribution >= 0.6 is 0 Å². The molecule has 0 spiro atoms. The van der Waals surface area contributed by atoms with Crippen molar-refractivity contribution in [1.82, 2.24) is 5.32 Å². The molecule has 3 rings (SSSR count). The number of rotatable bonds is 5. The van der Waals surface area contributed by atoms with Crippen molar-refractivity contribution in [3.8, 4) is 0 Å². The van der Waals surface area contributed by atoms with E-state index in [9.17, 15) is 9.59 Å². The Labute approximate surface area is 143 Å². The number of carbonyl (C=O) groups is 2. The smallest absolute Gasteiger partial charge is 0.227 e. The zero-order valence-electron chi connectivity index (χ0n) is 14.4. The number of hydrogen-bond donors (Lipinski definition) is 2. The molecule has 0 saturated carbocycles. The predicted octanol–water partition coefficient (Wildman–Crippen LogP) is 2.78. The lowest BCUT2D eigenvalue weighted by atomic mass is 9.85. The maximum absolute atomic E-state index is 12.5. The van der Waals surface area contributed by atoms with Crippen molar-refractivity contribution in [2.45, 2.75) is 39.0 Å². The van der Waals surface area contributed by atoms with Crippen LogP contribution in [-0.4, -0.2) is 31.4 Å². The highest BCUT2D eigenvalue weighted by Gasteiger charge is 2.25. The van der Waals surface area contributed by atoms with E-state index in [-0.39, 0.29) is 11.8 Å². The molecule has 2 fully saturated rings. The number of piperidine rings is 1. The highest BCUT2D eigenvalue weighted by molar-refractivity contribution is 6.02. The molecule has 5 nitrogen and oxygen atoms in total. The Morgan fingerprint density at radius 3 is 2.92 bits per heavy atom. The number of nitrogens with one attached hydrogen (secondary N) is 2. The van der Waals surface area contributed by atoms with E-state index in [0.717, 1.165) is 37.4 Å². The van der Waals surface area contributed by atoms with E-state index in [1.54, 1.807) is 4.90 Å². The summed E-state index contributed by atoms with van der Waals surface area (Å²) in [5.74, 6) is 1.10. The van der Waals surface area contributed by atoms with Crippen LogP contribution in [0.2, 0.25) is 0 Å². The molecule has 0 bridgehead atoms. The second kappa shape index (κ2) is 7.79. The fourth-order valence-electron chi connectivity index (χ4n) is 3.74. The van der Waals surface area contributed by atoms with Crippen molar-refractivity contribution >= 4 is 23.2 Å². The first-order chi connectivity index (χ1) is 11.6. The lowest BCUT2D eigenvalue weighted by Gasteiger charge is -2.28. The summed E-state index contributed by atoms with van der Waals surface area (Å²) in [7, 11) is 0.